The molecule has 3 nitrogen and oxygen atoms in total. The molecule has 1 heterocycles. The number of hydrogen-bond acceptors (Lipinski definition) is 3. The highest BCUT2D eigenvalue weighted by atomic mass is 35.5. The van der Waals surface area contributed by atoms with E-state index >= 15 is 0 Å². The second-order valence-corrected chi connectivity index (χ2v) is 4.70. The van der Waals surface area contributed by atoms with Crippen LogP contribution in [0.25, 0.3) is 0 Å². The lowest BCUT2D eigenvalue weighted by Crippen LogP contribution is -1.98. The number of rotatable bonds is 2. The summed E-state index contributed by atoms with van der Waals surface area (Å²) in [7, 11) is 0. The first kappa shape index (κ1) is 13.3. The number of benzene rings is 1. The van der Waals surface area contributed by atoms with Crippen molar-refractivity contribution >= 4 is 46.3 Å². The fourth-order valence-electron chi connectivity index (χ4n) is 1.37. The normalized spacial score (nSPS) is 10.5. The summed E-state index contributed by atoms with van der Waals surface area (Å²) in [5.74, 6) is 0.344. The second kappa shape index (κ2) is 5.26. The summed E-state index contributed by atoms with van der Waals surface area (Å²) in [6.07, 6.45) is 0. The van der Waals surface area contributed by atoms with Gasteiger partial charge in [0, 0.05) is 11.8 Å². The third-order valence-electron chi connectivity index (χ3n) is 2.06. The van der Waals surface area contributed by atoms with Crippen LogP contribution >= 0.6 is 34.8 Å². The fraction of sp³-hybridized carbons (Fsp3) is 0.0909. The maximum atomic E-state index is 13.2. The van der Waals surface area contributed by atoms with Gasteiger partial charge >= 0.3 is 0 Å². The summed E-state index contributed by atoms with van der Waals surface area (Å²) in [4.78, 5) is 8.05. The lowest BCUT2D eigenvalue weighted by molar-refractivity contribution is 0.629. The Morgan fingerprint density at radius 3 is 2.22 bits per heavy atom. The zero-order chi connectivity index (χ0) is 13.3. The Kier molecular flexibility index (Phi) is 3.90. The van der Waals surface area contributed by atoms with Gasteiger partial charge in [0.05, 0.1) is 10.0 Å². The molecule has 0 radical (unpaired) electrons. The van der Waals surface area contributed by atoms with Crippen LogP contribution in [-0.2, 0) is 0 Å². The van der Waals surface area contributed by atoms with Crippen LogP contribution in [0.3, 0.4) is 0 Å². The van der Waals surface area contributed by atoms with E-state index in [9.17, 15) is 4.39 Å². The molecule has 0 bridgehead atoms. The van der Waals surface area contributed by atoms with E-state index in [1.807, 2.05) is 0 Å². The van der Waals surface area contributed by atoms with Crippen LogP contribution in [0.4, 0.5) is 15.9 Å². The van der Waals surface area contributed by atoms with E-state index in [0.29, 0.717) is 22.5 Å². The summed E-state index contributed by atoms with van der Waals surface area (Å²) in [6.45, 7) is 1.71. The van der Waals surface area contributed by atoms with Crippen LogP contribution in [0.5, 0.6) is 0 Å². The van der Waals surface area contributed by atoms with Crippen molar-refractivity contribution in [2.24, 2.45) is 0 Å². The molecule has 0 amide bonds. The van der Waals surface area contributed by atoms with E-state index in [1.165, 1.54) is 12.1 Å². The molecule has 2 rings (SSSR count). The minimum absolute atomic E-state index is 0.0677. The van der Waals surface area contributed by atoms with Crippen LogP contribution < -0.4 is 5.32 Å². The Labute approximate surface area is 118 Å². The van der Waals surface area contributed by atoms with Gasteiger partial charge in [-0.05, 0) is 19.1 Å². The van der Waals surface area contributed by atoms with E-state index in [0.717, 1.165) is 0 Å². The summed E-state index contributed by atoms with van der Waals surface area (Å²) < 4.78 is 13.2. The molecule has 0 saturated carbocycles. The molecule has 0 aliphatic heterocycles. The minimum atomic E-state index is -0.652. The molecule has 0 fully saturated rings. The third kappa shape index (κ3) is 3.02. The largest absolute Gasteiger partial charge is 0.340 e. The van der Waals surface area contributed by atoms with Gasteiger partial charge in [0.1, 0.15) is 16.8 Å². The van der Waals surface area contributed by atoms with Crippen LogP contribution in [0.15, 0.2) is 18.2 Å². The molecule has 0 saturated heterocycles. The average molecular weight is 307 g/mol. The molecule has 0 spiro atoms. The molecule has 0 unspecified atom stereocenters. The maximum absolute atomic E-state index is 13.2. The number of halogens is 4. The van der Waals surface area contributed by atoms with Crippen LogP contribution in [0, 0.1) is 12.7 Å². The first-order valence-corrected chi connectivity index (χ1v) is 6.02. The van der Waals surface area contributed by atoms with Gasteiger partial charge in [-0.3, -0.25) is 0 Å². The highest BCUT2D eigenvalue weighted by Crippen LogP contribution is 2.29. The highest BCUT2D eigenvalue weighted by molar-refractivity contribution is 6.35. The van der Waals surface area contributed by atoms with E-state index in [2.05, 4.69) is 15.3 Å². The molecular weight excluding hydrogens is 299 g/mol. The summed E-state index contributed by atoms with van der Waals surface area (Å²) in [5, 5.41) is 3.10. The van der Waals surface area contributed by atoms with Gasteiger partial charge < -0.3 is 5.32 Å². The number of nitrogens with zero attached hydrogens (tertiary/aromatic N) is 2. The quantitative estimate of drug-likeness (QED) is 0.649. The standard InChI is InChI=1S/C11H7Cl3FN3/c1-5-16-9(14)4-10(17-5)18-6-2-7(12)11(15)8(13)3-6/h2-4H,1H3,(H,16,17,18). The van der Waals surface area contributed by atoms with Gasteiger partial charge in [0.2, 0.25) is 0 Å². The smallest absolute Gasteiger partial charge is 0.160 e. The van der Waals surface area contributed by atoms with E-state index in [1.54, 1.807) is 13.0 Å². The number of nitrogens with one attached hydrogen (secondary N) is 1. The van der Waals surface area contributed by atoms with Crippen molar-refractivity contribution in [1.29, 1.82) is 0 Å². The van der Waals surface area contributed by atoms with Crippen LogP contribution in [-0.4, -0.2) is 9.97 Å². The second-order valence-electron chi connectivity index (χ2n) is 3.50. The Morgan fingerprint density at radius 1 is 1.06 bits per heavy atom. The van der Waals surface area contributed by atoms with Crippen molar-refractivity contribution in [1.82, 2.24) is 9.97 Å². The van der Waals surface area contributed by atoms with Gasteiger partial charge in [-0.25, -0.2) is 14.4 Å². The SMILES string of the molecule is Cc1nc(Cl)cc(Nc2cc(Cl)c(F)c(Cl)c2)n1. The van der Waals surface area contributed by atoms with Gasteiger partial charge in [-0.1, -0.05) is 34.8 Å². The number of aromatic nitrogens is 2. The summed E-state index contributed by atoms with van der Waals surface area (Å²) >= 11 is 17.2. The van der Waals surface area contributed by atoms with Crippen molar-refractivity contribution in [3.63, 3.8) is 0 Å². The number of hydrogen-bond donors (Lipinski definition) is 1. The Bertz CT molecular complexity index is 561. The maximum Gasteiger partial charge on any atom is 0.160 e. The molecular formula is C11H7Cl3FN3. The Morgan fingerprint density at radius 2 is 1.67 bits per heavy atom. The fourth-order valence-corrected chi connectivity index (χ4v) is 2.08. The lowest BCUT2D eigenvalue weighted by atomic mass is 10.3. The van der Waals surface area contributed by atoms with Crippen molar-refractivity contribution in [2.75, 3.05) is 5.32 Å². The van der Waals surface area contributed by atoms with Gasteiger partial charge in [0.25, 0.3) is 0 Å². The lowest BCUT2D eigenvalue weighted by Gasteiger charge is -2.08. The molecule has 1 aromatic heterocycles. The van der Waals surface area contributed by atoms with Crippen molar-refractivity contribution < 1.29 is 4.39 Å². The van der Waals surface area contributed by atoms with E-state index < -0.39 is 5.82 Å². The zero-order valence-corrected chi connectivity index (χ0v) is 11.4. The van der Waals surface area contributed by atoms with Crippen molar-refractivity contribution in [2.45, 2.75) is 6.92 Å². The molecule has 0 aliphatic rings. The van der Waals surface area contributed by atoms with E-state index in [-0.39, 0.29) is 10.0 Å². The Hall–Kier alpha value is -1.10. The predicted octanol–water partition coefficient (Wildman–Crippen LogP) is 4.63. The molecule has 1 N–H and O–H groups in total. The third-order valence-corrected chi connectivity index (χ3v) is 2.81. The first-order valence-electron chi connectivity index (χ1n) is 4.88. The summed E-state index contributed by atoms with van der Waals surface area (Å²) in [6, 6.07) is 4.36. The molecule has 2 aromatic rings. The van der Waals surface area contributed by atoms with Gasteiger partial charge in [-0.2, -0.15) is 0 Å². The number of aryl methyl sites for hydroxylation is 1. The molecule has 94 valence electrons. The average Bonchev–Trinajstić information content (AvgIpc) is 2.24. The van der Waals surface area contributed by atoms with Crippen LogP contribution in [0.2, 0.25) is 15.2 Å². The molecule has 0 atom stereocenters. The van der Waals surface area contributed by atoms with E-state index in [4.69, 9.17) is 34.8 Å². The van der Waals surface area contributed by atoms with Gasteiger partial charge in [-0.15, -0.1) is 0 Å². The molecule has 1 aromatic carbocycles. The monoisotopic (exact) mass is 305 g/mol. The molecule has 18 heavy (non-hydrogen) atoms. The molecule has 0 aliphatic carbocycles. The number of anilines is 2. The highest BCUT2D eigenvalue weighted by Gasteiger charge is 2.08. The van der Waals surface area contributed by atoms with Crippen LogP contribution in [0.1, 0.15) is 5.82 Å². The predicted molar refractivity (Wildman–Crippen MR) is 71.5 cm³/mol. The zero-order valence-electron chi connectivity index (χ0n) is 9.14. The van der Waals surface area contributed by atoms with Crippen molar-refractivity contribution in [3.8, 4) is 0 Å². The van der Waals surface area contributed by atoms with Gasteiger partial charge in [0.15, 0.2) is 5.82 Å². The summed E-state index contributed by atoms with van der Waals surface area (Å²) in [5.41, 5.74) is 0.514. The topological polar surface area (TPSA) is 37.8 Å². The minimum Gasteiger partial charge on any atom is -0.340 e. The van der Waals surface area contributed by atoms with Crippen molar-refractivity contribution in [3.05, 3.63) is 45.0 Å². The molecule has 7 heteroatoms. The first-order chi connectivity index (χ1) is 8.45. The Balaban J connectivity index is 2.34.